The normalized spacial score (nSPS) is 13.8. The number of hydrogen-bond acceptors (Lipinski definition) is 4. The second-order valence-electron chi connectivity index (χ2n) is 8.67. The van der Waals surface area contributed by atoms with Crippen molar-refractivity contribution >= 4 is 50.9 Å². The van der Waals surface area contributed by atoms with Gasteiger partial charge in [0.1, 0.15) is 23.4 Å². The lowest BCUT2D eigenvalue weighted by atomic mass is 10.1. The van der Waals surface area contributed by atoms with Crippen molar-refractivity contribution < 1.29 is 19.1 Å². The number of carbonyl (C=O) groups is 2. The van der Waals surface area contributed by atoms with Crippen molar-refractivity contribution in [2.45, 2.75) is 32.4 Å². The van der Waals surface area contributed by atoms with E-state index in [4.69, 9.17) is 32.7 Å². The summed E-state index contributed by atoms with van der Waals surface area (Å²) in [5, 5.41) is 0.825. The molecular weight excluding hydrogens is 579 g/mol. The Hall–Kier alpha value is -2.74. The van der Waals surface area contributed by atoms with Gasteiger partial charge in [-0.1, -0.05) is 63.4 Å². The molecule has 0 aromatic heterocycles. The van der Waals surface area contributed by atoms with Crippen LogP contribution in [0.15, 0.2) is 71.2 Å². The molecule has 0 atom stereocenters. The van der Waals surface area contributed by atoms with Gasteiger partial charge in [-0.05, 0) is 43.3 Å². The number of ether oxygens (including phenoxy) is 2. The smallest absolute Gasteiger partial charge is 0.312 e. The predicted octanol–water partition coefficient (Wildman–Crippen LogP) is 6.97. The molecule has 0 bridgehead atoms. The zero-order chi connectivity index (χ0) is 26.4. The molecule has 9 heteroatoms. The number of piperidine rings is 1. The van der Waals surface area contributed by atoms with Crippen LogP contribution in [0.4, 0.5) is 0 Å². The first-order chi connectivity index (χ1) is 17.8. The molecule has 1 heterocycles. The first-order valence-corrected chi connectivity index (χ1v) is 13.6. The van der Waals surface area contributed by atoms with Crippen LogP contribution in [-0.4, -0.2) is 47.4 Å². The summed E-state index contributed by atoms with van der Waals surface area (Å²) >= 11 is 15.6. The molecule has 6 nitrogen and oxygen atoms in total. The van der Waals surface area contributed by atoms with Crippen molar-refractivity contribution in [3.05, 3.63) is 86.8 Å². The first-order valence-electron chi connectivity index (χ1n) is 12.0. The van der Waals surface area contributed by atoms with Crippen molar-refractivity contribution in [2.75, 3.05) is 19.6 Å². The van der Waals surface area contributed by atoms with Gasteiger partial charge in [-0.25, -0.2) is 0 Å². The van der Waals surface area contributed by atoms with Crippen LogP contribution >= 0.6 is 39.1 Å². The zero-order valence-electron chi connectivity index (χ0n) is 20.3. The summed E-state index contributed by atoms with van der Waals surface area (Å²) in [4.78, 5) is 29.4. The first kappa shape index (κ1) is 27.3. The van der Waals surface area contributed by atoms with Crippen molar-refractivity contribution in [1.29, 1.82) is 0 Å². The minimum Gasteiger partial charge on any atom is -0.490 e. The number of halogens is 3. The standard InChI is InChI=1S/C28H27BrCl2N2O4/c1-2-32(18-19-6-3-4-9-26(19)37-23-10-11-24(30)25(31)17-23)27(34)28(35)33-14-12-21(13-15-33)36-22-8-5-7-20(29)16-22/h3-11,16-17,21H,2,12-15,18H2,1H3. The Labute approximate surface area is 235 Å². The van der Waals surface area contributed by atoms with E-state index < -0.39 is 11.8 Å². The fraction of sp³-hybridized carbons (Fsp3) is 0.286. The van der Waals surface area contributed by atoms with Crippen LogP contribution in [0.1, 0.15) is 25.3 Å². The second-order valence-corrected chi connectivity index (χ2v) is 10.4. The Bertz CT molecular complexity index is 1260. The van der Waals surface area contributed by atoms with Crippen molar-refractivity contribution in [3.8, 4) is 17.2 Å². The van der Waals surface area contributed by atoms with E-state index in [0.717, 1.165) is 15.8 Å². The number of carbonyl (C=O) groups excluding carboxylic acids is 2. The van der Waals surface area contributed by atoms with Gasteiger partial charge in [0, 0.05) is 55.1 Å². The molecule has 1 aliphatic heterocycles. The third kappa shape index (κ3) is 7.18. The molecule has 1 aliphatic rings. The molecule has 1 fully saturated rings. The number of likely N-dealkylation sites (tertiary alicyclic amines) is 1. The molecule has 0 saturated carbocycles. The third-order valence-corrected chi connectivity index (χ3v) is 7.36. The highest BCUT2D eigenvalue weighted by Crippen LogP contribution is 2.31. The summed E-state index contributed by atoms with van der Waals surface area (Å²) in [7, 11) is 0. The van der Waals surface area contributed by atoms with E-state index in [-0.39, 0.29) is 12.6 Å². The van der Waals surface area contributed by atoms with Crippen LogP contribution < -0.4 is 9.47 Å². The van der Waals surface area contributed by atoms with Crippen LogP contribution in [-0.2, 0) is 16.1 Å². The molecule has 0 aliphatic carbocycles. The maximum atomic E-state index is 13.2. The zero-order valence-corrected chi connectivity index (χ0v) is 23.4. The number of likely N-dealkylation sites (N-methyl/N-ethyl adjacent to an activating group) is 1. The highest BCUT2D eigenvalue weighted by molar-refractivity contribution is 9.10. The fourth-order valence-electron chi connectivity index (χ4n) is 4.11. The van der Waals surface area contributed by atoms with Crippen molar-refractivity contribution in [2.24, 2.45) is 0 Å². The Morgan fingerprint density at radius 1 is 0.973 bits per heavy atom. The maximum Gasteiger partial charge on any atom is 0.312 e. The average molecular weight is 606 g/mol. The second kappa shape index (κ2) is 12.7. The van der Waals surface area contributed by atoms with Gasteiger partial charge in [0.05, 0.1) is 10.0 Å². The molecule has 0 N–H and O–H groups in total. The van der Waals surface area contributed by atoms with E-state index in [0.29, 0.717) is 54.0 Å². The summed E-state index contributed by atoms with van der Waals surface area (Å²) in [6.45, 7) is 3.41. The largest absolute Gasteiger partial charge is 0.490 e. The molecule has 4 rings (SSSR count). The number of rotatable bonds is 7. The lowest BCUT2D eigenvalue weighted by Crippen LogP contribution is -2.49. The van der Waals surface area contributed by atoms with E-state index in [2.05, 4.69) is 15.9 Å². The van der Waals surface area contributed by atoms with Gasteiger partial charge in [0.25, 0.3) is 0 Å². The SMILES string of the molecule is CCN(Cc1ccccc1Oc1ccc(Cl)c(Cl)c1)C(=O)C(=O)N1CCC(Oc2cccc(Br)c2)CC1. The molecule has 2 amide bonds. The van der Waals surface area contributed by atoms with E-state index >= 15 is 0 Å². The Morgan fingerprint density at radius 3 is 2.43 bits per heavy atom. The van der Waals surface area contributed by atoms with Gasteiger partial charge in [0.2, 0.25) is 0 Å². The summed E-state index contributed by atoms with van der Waals surface area (Å²) < 4.78 is 13.0. The molecule has 37 heavy (non-hydrogen) atoms. The van der Waals surface area contributed by atoms with Gasteiger partial charge in [-0.3, -0.25) is 9.59 Å². The van der Waals surface area contributed by atoms with E-state index in [9.17, 15) is 9.59 Å². The highest BCUT2D eigenvalue weighted by Gasteiger charge is 2.30. The topological polar surface area (TPSA) is 59.1 Å². The van der Waals surface area contributed by atoms with E-state index in [1.54, 1.807) is 23.1 Å². The molecule has 0 radical (unpaired) electrons. The number of nitrogens with zero attached hydrogens (tertiary/aromatic N) is 2. The van der Waals surface area contributed by atoms with Crippen LogP contribution in [0.3, 0.4) is 0 Å². The Balaban J connectivity index is 1.36. The lowest BCUT2D eigenvalue weighted by Gasteiger charge is -2.33. The van der Waals surface area contributed by atoms with Gasteiger partial charge in [-0.15, -0.1) is 0 Å². The monoisotopic (exact) mass is 604 g/mol. The Kier molecular flexibility index (Phi) is 9.35. The number of benzene rings is 3. The molecule has 1 saturated heterocycles. The minimum atomic E-state index is -0.529. The maximum absolute atomic E-state index is 13.2. The lowest BCUT2D eigenvalue weighted by molar-refractivity contribution is -0.153. The van der Waals surface area contributed by atoms with Crippen LogP contribution in [0.25, 0.3) is 0 Å². The van der Waals surface area contributed by atoms with Crippen LogP contribution in [0.2, 0.25) is 10.0 Å². The highest BCUT2D eigenvalue weighted by atomic mass is 79.9. The van der Waals surface area contributed by atoms with Gasteiger partial charge >= 0.3 is 11.8 Å². The van der Waals surface area contributed by atoms with Gasteiger partial charge in [-0.2, -0.15) is 0 Å². The predicted molar refractivity (Wildman–Crippen MR) is 148 cm³/mol. The Morgan fingerprint density at radius 2 is 1.73 bits per heavy atom. The summed E-state index contributed by atoms with van der Waals surface area (Å²) in [5.74, 6) is 0.864. The molecular formula is C28H27BrCl2N2O4. The van der Waals surface area contributed by atoms with Gasteiger partial charge in [0.15, 0.2) is 0 Å². The number of para-hydroxylation sites is 1. The molecule has 0 unspecified atom stereocenters. The average Bonchev–Trinajstić information content (AvgIpc) is 2.90. The summed E-state index contributed by atoms with van der Waals surface area (Å²) in [6, 6.07) is 20.1. The summed E-state index contributed by atoms with van der Waals surface area (Å²) in [6.07, 6.45) is 1.33. The van der Waals surface area contributed by atoms with Crippen molar-refractivity contribution in [3.63, 3.8) is 0 Å². The quantitative estimate of drug-likeness (QED) is 0.273. The van der Waals surface area contributed by atoms with Gasteiger partial charge < -0.3 is 19.3 Å². The molecule has 3 aromatic carbocycles. The fourth-order valence-corrected chi connectivity index (χ4v) is 4.78. The summed E-state index contributed by atoms with van der Waals surface area (Å²) in [5.41, 5.74) is 0.776. The minimum absolute atomic E-state index is 0.00104. The van der Waals surface area contributed by atoms with Crippen LogP contribution in [0.5, 0.6) is 17.2 Å². The van der Waals surface area contributed by atoms with E-state index in [1.807, 2.05) is 55.5 Å². The molecule has 194 valence electrons. The van der Waals surface area contributed by atoms with E-state index in [1.165, 1.54) is 4.90 Å². The number of amides is 2. The third-order valence-electron chi connectivity index (χ3n) is 6.13. The molecule has 3 aromatic rings. The number of hydrogen-bond donors (Lipinski definition) is 0. The van der Waals surface area contributed by atoms with Crippen LogP contribution in [0, 0.1) is 0 Å². The molecule has 0 spiro atoms. The van der Waals surface area contributed by atoms with Crippen molar-refractivity contribution in [1.82, 2.24) is 9.80 Å².